The van der Waals surface area contributed by atoms with Gasteiger partial charge in [0.15, 0.2) is 5.95 Å². The number of anilines is 2. The molecule has 0 aliphatic heterocycles. The highest BCUT2D eigenvalue weighted by Gasteiger charge is 2.10. The lowest BCUT2D eigenvalue weighted by molar-refractivity contribution is 0.106. The number of rotatable bonds is 9. The minimum atomic E-state index is -0.176. The molecule has 0 aliphatic rings. The van der Waals surface area contributed by atoms with Crippen LogP contribution in [-0.2, 0) is 24.1 Å². The summed E-state index contributed by atoms with van der Waals surface area (Å²) in [5.41, 5.74) is 8.58. The Balaban J connectivity index is 1.48. The highest BCUT2D eigenvalue weighted by atomic mass is 16.5. The van der Waals surface area contributed by atoms with Gasteiger partial charge >= 0.3 is 0 Å². The molecule has 0 amide bonds. The van der Waals surface area contributed by atoms with E-state index in [0.717, 1.165) is 36.3 Å². The van der Waals surface area contributed by atoms with Crippen LogP contribution < -0.4 is 11.1 Å². The van der Waals surface area contributed by atoms with Crippen molar-refractivity contribution in [1.82, 2.24) is 25.0 Å². The molecule has 0 aliphatic carbocycles. The van der Waals surface area contributed by atoms with Gasteiger partial charge in [-0.05, 0) is 31.4 Å². The predicted molar refractivity (Wildman–Crippen MR) is 95.9 cm³/mol. The number of nitrogens with two attached hydrogens (primary N) is 1. The number of benzene rings is 1. The molecule has 8 nitrogen and oxygen atoms in total. The molecule has 3 rings (SSSR count). The maximum absolute atomic E-state index is 5.57. The zero-order chi connectivity index (χ0) is 17.5. The van der Waals surface area contributed by atoms with Gasteiger partial charge in [-0.25, -0.2) is 9.67 Å². The molecule has 132 valence electrons. The molecular weight excluding hydrogens is 318 g/mol. The van der Waals surface area contributed by atoms with Gasteiger partial charge in [0, 0.05) is 24.7 Å². The normalized spacial score (nSPS) is 12.2. The highest BCUT2D eigenvalue weighted by Crippen LogP contribution is 2.09. The number of nitrogen functional groups attached to an aromatic ring is 1. The lowest BCUT2D eigenvalue weighted by atomic mass is 10.2. The number of aromatic nitrogens is 5. The summed E-state index contributed by atoms with van der Waals surface area (Å²) in [6.07, 6.45) is 6.24. The molecule has 0 saturated heterocycles. The average Bonchev–Trinajstić information content (AvgIpc) is 3.24. The van der Waals surface area contributed by atoms with E-state index in [9.17, 15) is 0 Å². The quantitative estimate of drug-likeness (QED) is 0.513. The number of aromatic amines is 1. The molecule has 1 atom stereocenters. The van der Waals surface area contributed by atoms with Crippen LogP contribution in [-0.4, -0.2) is 38.3 Å². The first-order valence-corrected chi connectivity index (χ1v) is 8.25. The molecular formula is C17H23N7O. The maximum atomic E-state index is 5.57. The van der Waals surface area contributed by atoms with Gasteiger partial charge in [-0.2, -0.15) is 0 Å². The number of para-hydroxylation sites is 1. The van der Waals surface area contributed by atoms with Crippen LogP contribution in [0.1, 0.15) is 17.8 Å². The Hall–Kier alpha value is -2.87. The first kappa shape index (κ1) is 17.0. The van der Waals surface area contributed by atoms with Gasteiger partial charge in [-0.3, -0.25) is 0 Å². The van der Waals surface area contributed by atoms with Gasteiger partial charge in [-0.1, -0.05) is 23.4 Å². The van der Waals surface area contributed by atoms with E-state index in [0.29, 0.717) is 12.5 Å². The molecule has 4 N–H and O–H groups in total. The first-order chi connectivity index (χ1) is 12.2. The van der Waals surface area contributed by atoms with Crippen LogP contribution in [0.2, 0.25) is 0 Å². The Kier molecular flexibility index (Phi) is 5.63. The smallest absolute Gasteiger partial charge is 0.197 e. The average molecular weight is 341 g/mol. The van der Waals surface area contributed by atoms with E-state index >= 15 is 0 Å². The Labute approximate surface area is 146 Å². The second kappa shape index (κ2) is 8.29. The molecule has 0 bridgehead atoms. The fraction of sp³-hybridized carbons (Fsp3) is 0.353. The Morgan fingerprint density at radius 1 is 1.28 bits per heavy atom. The zero-order valence-electron chi connectivity index (χ0n) is 14.2. The summed E-state index contributed by atoms with van der Waals surface area (Å²) >= 11 is 0. The number of ether oxygens (including phenoxy) is 1. The first-order valence-electron chi connectivity index (χ1n) is 8.25. The molecule has 3 aromatic rings. The van der Waals surface area contributed by atoms with Gasteiger partial charge in [0.25, 0.3) is 0 Å². The summed E-state index contributed by atoms with van der Waals surface area (Å²) in [4.78, 5) is 7.02. The van der Waals surface area contributed by atoms with Crippen molar-refractivity contribution in [1.29, 1.82) is 0 Å². The summed E-state index contributed by atoms with van der Waals surface area (Å²) in [6, 6.07) is 9.95. The molecule has 0 fully saturated rings. The van der Waals surface area contributed by atoms with Crippen molar-refractivity contribution in [3.05, 3.63) is 54.1 Å². The van der Waals surface area contributed by atoms with Crippen molar-refractivity contribution >= 4 is 11.6 Å². The van der Waals surface area contributed by atoms with E-state index in [4.69, 9.17) is 10.5 Å². The molecule has 2 heterocycles. The van der Waals surface area contributed by atoms with Gasteiger partial charge in [0.2, 0.25) is 0 Å². The van der Waals surface area contributed by atoms with E-state index in [1.807, 2.05) is 36.5 Å². The number of H-pyrrole nitrogens is 1. The van der Waals surface area contributed by atoms with Crippen molar-refractivity contribution in [2.75, 3.05) is 18.2 Å². The minimum Gasteiger partial charge on any atom is -0.369 e. The molecule has 0 radical (unpaired) electrons. The third kappa shape index (κ3) is 5.05. The topological polar surface area (TPSA) is 107 Å². The van der Waals surface area contributed by atoms with Crippen molar-refractivity contribution in [2.45, 2.75) is 32.0 Å². The molecule has 0 saturated carbocycles. The van der Waals surface area contributed by atoms with Crippen LogP contribution in [0.5, 0.6) is 0 Å². The van der Waals surface area contributed by atoms with E-state index in [1.165, 1.54) is 0 Å². The van der Waals surface area contributed by atoms with E-state index in [1.54, 1.807) is 18.0 Å². The third-order valence-corrected chi connectivity index (χ3v) is 3.85. The Morgan fingerprint density at radius 3 is 2.84 bits per heavy atom. The van der Waals surface area contributed by atoms with Gasteiger partial charge in [0.1, 0.15) is 6.23 Å². The lowest BCUT2D eigenvalue weighted by Crippen LogP contribution is -2.27. The van der Waals surface area contributed by atoms with Crippen molar-refractivity contribution in [3.8, 4) is 0 Å². The predicted octanol–water partition coefficient (Wildman–Crippen LogP) is 1.84. The lowest BCUT2D eigenvalue weighted by Gasteiger charge is -2.17. The Bertz CT molecular complexity index is 768. The molecule has 8 heteroatoms. The highest BCUT2D eigenvalue weighted by molar-refractivity contribution is 5.42. The number of hydrogen-bond acceptors (Lipinski definition) is 6. The molecule has 0 spiro atoms. The number of nitrogens with one attached hydrogen (secondary N) is 2. The number of hydrogen-bond donors (Lipinski definition) is 3. The van der Waals surface area contributed by atoms with E-state index in [2.05, 4.69) is 25.6 Å². The van der Waals surface area contributed by atoms with Crippen LogP contribution >= 0.6 is 0 Å². The van der Waals surface area contributed by atoms with Crippen LogP contribution in [0.25, 0.3) is 0 Å². The van der Waals surface area contributed by atoms with Crippen LogP contribution in [0.15, 0.2) is 42.7 Å². The number of imidazole rings is 1. The fourth-order valence-electron chi connectivity index (χ4n) is 2.58. The summed E-state index contributed by atoms with van der Waals surface area (Å²) in [7, 11) is 1.68. The van der Waals surface area contributed by atoms with E-state index in [-0.39, 0.29) is 6.23 Å². The molecule has 2 aromatic heterocycles. The minimum absolute atomic E-state index is 0.176. The third-order valence-electron chi connectivity index (χ3n) is 3.85. The maximum Gasteiger partial charge on any atom is 0.197 e. The van der Waals surface area contributed by atoms with Gasteiger partial charge in [-0.15, -0.1) is 5.10 Å². The summed E-state index contributed by atoms with van der Waals surface area (Å²) in [5.74, 6) is 0.456. The summed E-state index contributed by atoms with van der Waals surface area (Å²) in [5, 5.41) is 11.7. The number of aryl methyl sites for hydroxylation is 2. The van der Waals surface area contributed by atoms with Crippen molar-refractivity contribution in [2.24, 2.45) is 0 Å². The second-order valence-electron chi connectivity index (χ2n) is 5.81. The van der Waals surface area contributed by atoms with Gasteiger partial charge in [0.05, 0.1) is 18.4 Å². The molecule has 25 heavy (non-hydrogen) atoms. The number of nitrogens with zero attached hydrogens (tertiary/aromatic N) is 4. The van der Waals surface area contributed by atoms with Crippen LogP contribution in [0.3, 0.4) is 0 Å². The second-order valence-corrected chi connectivity index (χ2v) is 5.81. The standard InChI is InChI=1S/C17H23N7O/c1-25-16(20-13-6-3-2-4-7-13)12-24-11-15(22-23-24)9-5-8-14-10-19-17(18)21-14/h2-4,6-7,10-11,16,20H,5,8-9,12H2,1H3,(H3,18,19,21). The van der Waals surface area contributed by atoms with Crippen molar-refractivity contribution < 1.29 is 4.74 Å². The van der Waals surface area contributed by atoms with Crippen LogP contribution in [0.4, 0.5) is 11.6 Å². The summed E-state index contributed by atoms with van der Waals surface area (Å²) < 4.78 is 7.29. The Morgan fingerprint density at radius 2 is 2.12 bits per heavy atom. The number of methoxy groups -OCH3 is 1. The van der Waals surface area contributed by atoms with Crippen LogP contribution in [0, 0.1) is 0 Å². The van der Waals surface area contributed by atoms with Crippen molar-refractivity contribution in [3.63, 3.8) is 0 Å². The summed E-state index contributed by atoms with van der Waals surface area (Å²) in [6.45, 7) is 0.579. The SMILES string of the molecule is COC(Cn1cc(CCCc2cnc(N)[nH]2)nn1)Nc1ccccc1. The largest absolute Gasteiger partial charge is 0.369 e. The van der Waals surface area contributed by atoms with E-state index < -0.39 is 0 Å². The zero-order valence-corrected chi connectivity index (χ0v) is 14.2. The van der Waals surface area contributed by atoms with Gasteiger partial charge < -0.3 is 20.8 Å². The molecule has 1 aromatic carbocycles. The monoisotopic (exact) mass is 341 g/mol. The fourth-order valence-corrected chi connectivity index (χ4v) is 2.58. The molecule has 1 unspecified atom stereocenters.